The summed E-state index contributed by atoms with van der Waals surface area (Å²) in [5.41, 5.74) is 0. The molecule has 0 rings (SSSR count). The summed E-state index contributed by atoms with van der Waals surface area (Å²) in [5, 5.41) is 0. The van der Waals surface area contributed by atoms with Gasteiger partial charge in [0.1, 0.15) is 6.08 Å². The van der Waals surface area contributed by atoms with Crippen molar-refractivity contribution in [3.8, 4) is 0 Å². The van der Waals surface area contributed by atoms with Crippen LogP contribution in [-0.2, 0) is 0 Å². The van der Waals surface area contributed by atoms with Gasteiger partial charge < -0.3 is 9.09 Å². The Labute approximate surface area is 53.9 Å². The van der Waals surface area contributed by atoms with Gasteiger partial charge >= 0.3 is 23.1 Å². The molecule has 0 saturated carbocycles. The minimum absolute atomic E-state index is 0. The summed E-state index contributed by atoms with van der Waals surface area (Å²) in [7, 11) is 0. The van der Waals surface area contributed by atoms with Crippen molar-refractivity contribution in [1.82, 2.24) is 0 Å². The first-order valence-corrected chi connectivity index (χ1v) is 0.817. The quantitative estimate of drug-likeness (QED) is 0.201. The van der Waals surface area contributed by atoms with Crippen molar-refractivity contribution in [2.24, 2.45) is 0 Å². The zero-order valence-corrected chi connectivity index (χ0v) is 4.63. The first kappa shape index (κ1) is 15.7. The van der Waals surface area contributed by atoms with Crippen LogP contribution in [0.25, 0.3) is 0 Å². The molecule has 0 unspecified atom stereocenters. The molecule has 0 atom stereocenters. The Kier molecular flexibility index (Phi) is 21.3. The maximum absolute atomic E-state index is 10.2. The number of halogens is 4. The van der Waals surface area contributed by atoms with E-state index in [9.17, 15) is 13.2 Å². The fourth-order valence-electron chi connectivity index (χ4n) is 0. The van der Waals surface area contributed by atoms with Crippen LogP contribution in [0.5, 0.6) is 0 Å². The van der Waals surface area contributed by atoms with Gasteiger partial charge in [-0.2, -0.15) is 0 Å². The van der Waals surface area contributed by atoms with Gasteiger partial charge in [-0.3, -0.25) is 0 Å². The van der Waals surface area contributed by atoms with Crippen molar-refractivity contribution >= 4 is 23.1 Å². The van der Waals surface area contributed by atoms with E-state index in [2.05, 4.69) is 0 Å². The third-order valence-electron chi connectivity index (χ3n) is 0.0714. The van der Waals surface area contributed by atoms with Crippen LogP contribution >= 0.6 is 0 Å². The van der Waals surface area contributed by atoms with E-state index in [1.807, 2.05) is 0 Å². The van der Waals surface area contributed by atoms with Crippen LogP contribution in [-0.4, -0.2) is 23.1 Å². The van der Waals surface area contributed by atoms with Crippen LogP contribution in [0.15, 0.2) is 6.08 Å². The molecule has 0 nitrogen and oxygen atoms in total. The molecule has 0 aliphatic heterocycles. The molecule has 0 aromatic heterocycles. The molecule has 0 aromatic carbocycles. The van der Waals surface area contributed by atoms with Crippen LogP contribution in [0.2, 0.25) is 0 Å². The van der Waals surface area contributed by atoms with Crippen molar-refractivity contribution in [2.45, 2.75) is 0 Å². The van der Waals surface area contributed by atoms with E-state index >= 15 is 0 Å². The molecular weight excluding hydrogens is 124 g/mol. The van der Waals surface area contributed by atoms with Crippen molar-refractivity contribution in [3.05, 3.63) is 12.4 Å². The Morgan fingerprint density at radius 3 is 1.43 bits per heavy atom. The van der Waals surface area contributed by atoms with Gasteiger partial charge in [-0.1, -0.05) is 0 Å². The zero-order valence-electron chi connectivity index (χ0n) is 3.22. The Balaban J connectivity index is -0.0000000800. The molecule has 0 aromatic rings. The van der Waals surface area contributed by atoms with E-state index in [0.29, 0.717) is 0 Å². The second-order valence-corrected chi connectivity index (χ2v) is 0.355. The minimum Gasteiger partial charge on any atom is -1.00 e. The van der Waals surface area contributed by atoms with Crippen molar-refractivity contribution in [2.75, 3.05) is 0 Å². The van der Waals surface area contributed by atoms with Crippen LogP contribution in [0.3, 0.4) is 0 Å². The van der Waals surface area contributed by atoms with E-state index in [1.54, 1.807) is 0 Å². The molecule has 0 saturated heterocycles. The smallest absolute Gasteiger partial charge is 1.00 e. The molecule has 0 heterocycles. The van der Waals surface area contributed by atoms with Gasteiger partial charge in [-0.25, -0.2) is 15.1 Å². The van der Waals surface area contributed by atoms with Gasteiger partial charge in [-0.05, 0) is 0 Å². The maximum atomic E-state index is 10.2. The minimum atomic E-state index is -2.41. The Hall–Kier alpha value is 0.226. The molecule has 0 bridgehead atoms. The van der Waals surface area contributed by atoms with E-state index in [0.717, 1.165) is 0 Å². The van der Waals surface area contributed by atoms with Crippen molar-refractivity contribution < 1.29 is 17.9 Å². The molecule has 0 N–H and O–H groups in total. The molecule has 0 radical (unpaired) electrons. The van der Waals surface area contributed by atoms with E-state index in [-0.39, 0.29) is 34.1 Å². The average Bonchev–Trinajstić information content (AvgIpc) is 1.38. The average molecular weight is 124 g/mol. The van der Waals surface area contributed by atoms with Gasteiger partial charge in [0, 0.05) is 0 Å². The second-order valence-electron chi connectivity index (χ2n) is 0.355. The predicted octanol–water partition coefficient (Wildman–Crippen LogP) is -1.88. The van der Waals surface area contributed by atoms with Gasteiger partial charge in [0.05, 0.1) is 0 Å². The third-order valence-corrected chi connectivity index (χ3v) is 0.0714. The van der Waals surface area contributed by atoms with Crippen LogP contribution < -0.4 is 4.70 Å². The Morgan fingerprint density at radius 2 is 1.43 bits per heavy atom. The molecule has 0 spiro atoms. The van der Waals surface area contributed by atoms with Gasteiger partial charge in [-0.15, -0.1) is 0 Å². The van der Waals surface area contributed by atoms with E-state index < -0.39 is 6.08 Å². The first-order valence-electron chi connectivity index (χ1n) is 0.817. The Morgan fingerprint density at radius 1 is 1.29 bits per heavy atom. The monoisotopic (exact) mass is 124 g/mol. The SMILES string of the molecule is F[C-]=C(F)F.[F-].[Mg+2]. The zero-order chi connectivity index (χ0) is 4.28. The molecule has 38 valence electrons. The molecule has 0 fully saturated rings. The van der Waals surface area contributed by atoms with Crippen LogP contribution in [0.1, 0.15) is 0 Å². The van der Waals surface area contributed by atoms with Gasteiger partial charge in [0.15, 0.2) is 0 Å². The van der Waals surface area contributed by atoms with Crippen LogP contribution in [0.4, 0.5) is 13.2 Å². The van der Waals surface area contributed by atoms with Crippen molar-refractivity contribution in [1.29, 1.82) is 0 Å². The standard InChI is InChI=1S/C2F3.FH.Mg/c3-1-2(4)5;;/h;1H;/q-1;;+2/p-1. The summed E-state index contributed by atoms with van der Waals surface area (Å²) in [4.78, 5) is 0. The fraction of sp³-hybridized carbons (Fsp3) is 0. The molecule has 0 amide bonds. The molecule has 5 heteroatoms. The predicted molar refractivity (Wildman–Crippen MR) is 15.8 cm³/mol. The summed E-state index contributed by atoms with van der Waals surface area (Å²) in [6.07, 6.45) is -2.30. The number of hydrogen-bond donors (Lipinski definition) is 0. The summed E-state index contributed by atoms with van der Waals surface area (Å²) in [6, 6.07) is 0. The molecule has 0 aliphatic rings. The fourth-order valence-corrected chi connectivity index (χ4v) is 0. The first-order chi connectivity index (χ1) is 2.27. The number of rotatable bonds is 0. The molecular formula is C2F4Mg. The third kappa shape index (κ3) is 22.4. The summed E-state index contributed by atoms with van der Waals surface area (Å²) >= 11 is 0. The summed E-state index contributed by atoms with van der Waals surface area (Å²) in [6.45, 7) is 0. The van der Waals surface area contributed by atoms with Gasteiger partial charge in [0.2, 0.25) is 0 Å². The molecule has 7 heavy (non-hydrogen) atoms. The van der Waals surface area contributed by atoms with E-state index in [4.69, 9.17) is 0 Å². The topological polar surface area (TPSA) is 0 Å². The van der Waals surface area contributed by atoms with Crippen molar-refractivity contribution in [3.63, 3.8) is 0 Å². The maximum Gasteiger partial charge on any atom is 2.00 e. The van der Waals surface area contributed by atoms with Crippen LogP contribution in [0, 0.1) is 6.33 Å². The van der Waals surface area contributed by atoms with Gasteiger partial charge in [0.25, 0.3) is 0 Å². The second kappa shape index (κ2) is 9.52. The van der Waals surface area contributed by atoms with E-state index in [1.165, 1.54) is 0 Å². The molecule has 0 aliphatic carbocycles. The normalized spacial score (nSPS) is 5.00. The summed E-state index contributed by atoms with van der Waals surface area (Å²) < 4.78 is 30.5. The summed E-state index contributed by atoms with van der Waals surface area (Å²) in [5.74, 6) is 0. The number of hydrogen-bond acceptors (Lipinski definition) is 0. The Bertz CT molecular complexity index is 47.7. The largest absolute Gasteiger partial charge is 2.00 e.